The zero-order valence-electron chi connectivity index (χ0n) is 10.1. The summed E-state index contributed by atoms with van der Waals surface area (Å²) in [7, 11) is 0. The highest BCUT2D eigenvalue weighted by Crippen LogP contribution is 2.28. The molecule has 1 aromatic carbocycles. The molecule has 2 aromatic rings. The minimum atomic E-state index is 0.567. The number of nitriles is 1. The Balaban J connectivity index is 2.25. The van der Waals surface area contributed by atoms with Gasteiger partial charge in [0, 0.05) is 6.54 Å². The van der Waals surface area contributed by atoms with Gasteiger partial charge in [-0.2, -0.15) is 5.26 Å². The maximum absolute atomic E-state index is 8.82. The van der Waals surface area contributed by atoms with Crippen molar-refractivity contribution < 1.29 is 4.42 Å². The van der Waals surface area contributed by atoms with Crippen molar-refractivity contribution in [3.05, 3.63) is 52.9 Å². The van der Waals surface area contributed by atoms with E-state index in [2.05, 4.69) is 17.9 Å². The Morgan fingerprint density at radius 3 is 2.78 bits per heavy atom. The van der Waals surface area contributed by atoms with Gasteiger partial charge in [0.1, 0.15) is 5.76 Å². The fourth-order valence-corrected chi connectivity index (χ4v) is 2.09. The zero-order chi connectivity index (χ0) is 13.0. The Labute approximate surface area is 111 Å². The van der Waals surface area contributed by atoms with Crippen molar-refractivity contribution in [3.63, 3.8) is 0 Å². The van der Waals surface area contributed by atoms with Crippen LogP contribution in [0.4, 0.5) is 5.69 Å². The molecule has 1 heterocycles. The van der Waals surface area contributed by atoms with Crippen LogP contribution >= 0.6 is 11.6 Å². The second-order valence-electron chi connectivity index (χ2n) is 3.87. The van der Waals surface area contributed by atoms with Gasteiger partial charge in [-0.15, -0.1) is 0 Å². The molecule has 0 atom stereocenters. The number of hydrogen-bond acceptors (Lipinski definition) is 3. The number of nitrogens with zero attached hydrogens (tertiary/aromatic N) is 2. The van der Waals surface area contributed by atoms with Crippen LogP contribution in [-0.4, -0.2) is 6.54 Å². The molecule has 3 nitrogen and oxygen atoms in total. The number of hydrogen-bond donors (Lipinski definition) is 0. The molecule has 0 aliphatic rings. The highest BCUT2D eigenvalue weighted by molar-refractivity contribution is 6.33. The van der Waals surface area contributed by atoms with Gasteiger partial charge in [-0.05, 0) is 37.3 Å². The van der Waals surface area contributed by atoms with E-state index in [0.29, 0.717) is 17.1 Å². The van der Waals surface area contributed by atoms with Crippen LogP contribution in [-0.2, 0) is 6.54 Å². The van der Waals surface area contributed by atoms with E-state index in [1.54, 1.807) is 18.4 Å². The van der Waals surface area contributed by atoms with Crippen LogP contribution in [0.3, 0.4) is 0 Å². The molecule has 1 aromatic heterocycles. The Hall–Kier alpha value is -1.92. The van der Waals surface area contributed by atoms with Crippen LogP contribution in [0.25, 0.3) is 0 Å². The third-order valence-corrected chi connectivity index (χ3v) is 3.03. The van der Waals surface area contributed by atoms with E-state index in [-0.39, 0.29) is 0 Å². The van der Waals surface area contributed by atoms with Crippen molar-refractivity contribution in [2.75, 3.05) is 11.4 Å². The molecule has 0 radical (unpaired) electrons. The van der Waals surface area contributed by atoms with Crippen molar-refractivity contribution in [3.8, 4) is 6.07 Å². The fraction of sp³-hybridized carbons (Fsp3) is 0.214. The number of rotatable bonds is 4. The minimum Gasteiger partial charge on any atom is -0.467 e. The first kappa shape index (κ1) is 12.5. The van der Waals surface area contributed by atoms with Crippen molar-refractivity contribution in [1.82, 2.24) is 0 Å². The average molecular weight is 261 g/mol. The second-order valence-corrected chi connectivity index (χ2v) is 4.28. The fourth-order valence-electron chi connectivity index (χ4n) is 1.79. The van der Waals surface area contributed by atoms with Crippen molar-refractivity contribution in [2.24, 2.45) is 0 Å². The van der Waals surface area contributed by atoms with E-state index >= 15 is 0 Å². The highest BCUT2D eigenvalue weighted by atomic mass is 35.5. The molecule has 2 rings (SSSR count). The van der Waals surface area contributed by atoms with Gasteiger partial charge in [-0.25, -0.2) is 0 Å². The third-order valence-electron chi connectivity index (χ3n) is 2.73. The largest absolute Gasteiger partial charge is 0.467 e. The van der Waals surface area contributed by atoms with Crippen LogP contribution in [0, 0.1) is 11.3 Å². The van der Waals surface area contributed by atoms with Crippen molar-refractivity contribution in [1.29, 1.82) is 5.26 Å². The molecule has 0 bridgehead atoms. The van der Waals surface area contributed by atoms with Crippen LogP contribution < -0.4 is 4.90 Å². The van der Waals surface area contributed by atoms with Gasteiger partial charge in [0.05, 0.1) is 35.2 Å². The number of halogens is 1. The minimum absolute atomic E-state index is 0.567. The molecule has 0 N–H and O–H groups in total. The van der Waals surface area contributed by atoms with Crippen LogP contribution in [0.15, 0.2) is 41.0 Å². The lowest BCUT2D eigenvalue weighted by atomic mass is 10.2. The van der Waals surface area contributed by atoms with Crippen LogP contribution in [0.5, 0.6) is 0 Å². The molecule has 18 heavy (non-hydrogen) atoms. The van der Waals surface area contributed by atoms with E-state index in [9.17, 15) is 0 Å². The smallest absolute Gasteiger partial charge is 0.123 e. The van der Waals surface area contributed by atoms with Crippen LogP contribution in [0.2, 0.25) is 5.02 Å². The summed E-state index contributed by atoms with van der Waals surface area (Å²) in [5.41, 5.74) is 1.48. The first-order valence-electron chi connectivity index (χ1n) is 5.71. The Bertz CT molecular complexity index is 558. The maximum atomic E-state index is 8.82. The van der Waals surface area contributed by atoms with E-state index in [1.165, 1.54) is 0 Å². The molecule has 4 heteroatoms. The first-order valence-corrected chi connectivity index (χ1v) is 6.09. The van der Waals surface area contributed by atoms with Crippen LogP contribution in [0.1, 0.15) is 18.2 Å². The maximum Gasteiger partial charge on any atom is 0.123 e. The van der Waals surface area contributed by atoms with Gasteiger partial charge in [0.25, 0.3) is 0 Å². The first-order chi connectivity index (χ1) is 8.74. The molecule has 0 aliphatic carbocycles. The van der Waals surface area contributed by atoms with Gasteiger partial charge < -0.3 is 9.32 Å². The number of anilines is 1. The quantitative estimate of drug-likeness (QED) is 0.839. The molecule has 0 aliphatic heterocycles. The SMILES string of the molecule is CCN(Cc1ccco1)c1ccc(C#N)cc1Cl. The van der Waals surface area contributed by atoms with Crippen molar-refractivity contribution >= 4 is 17.3 Å². The predicted octanol–water partition coefficient (Wildman–Crippen LogP) is 3.83. The van der Waals surface area contributed by atoms with Gasteiger partial charge in [0.15, 0.2) is 0 Å². The summed E-state index contributed by atoms with van der Waals surface area (Å²) in [6, 6.07) is 11.2. The zero-order valence-corrected chi connectivity index (χ0v) is 10.8. The monoisotopic (exact) mass is 260 g/mol. The summed E-state index contributed by atoms with van der Waals surface area (Å²) in [5.74, 6) is 0.886. The lowest BCUT2D eigenvalue weighted by Gasteiger charge is -2.23. The van der Waals surface area contributed by atoms with Gasteiger partial charge >= 0.3 is 0 Å². The van der Waals surface area contributed by atoms with Gasteiger partial charge in [-0.3, -0.25) is 0 Å². The predicted molar refractivity (Wildman–Crippen MR) is 71.6 cm³/mol. The van der Waals surface area contributed by atoms with E-state index in [1.807, 2.05) is 18.2 Å². The lowest BCUT2D eigenvalue weighted by Crippen LogP contribution is -2.22. The highest BCUT2D eigenvalue weighted by Gasteiger charge is 2.11. The Morgan fingerprint density at radius 1 is 1.39 bits per heavy atom. The normalized spacial score (nSPS) is 10.1. The molecular weight excluding hydrogens is 248 g/mol. The molecular formula is C14H13ClN2O. The molecule has 0 saturated carbocycles. The Kier molecular flexibility index (Phi) is 3.91. The second kappa shape index (κ2) is 5.61. The van der Waals surface area contributed by atoms with E-state index < -0.39 is 0 Å². The molecule has 0 amide bonds. The standard InChI is InChI=1S/C14H13ClN2O/c1-2-17(10-12-4-3-7-18-12)14-6-5-11(9-16)8-13(14)15/h3-8H,2,10H2,1H3. The lowest BCUT2D eigenvalue weighted by molar-refractivity contribution is 0.503. The van der Waals surface area contributed by atoms with Gasteiger partial charge in [0.2, 0.25) is 0 Å². The summed E-state index contributed by atoms with van der Waals surface area (Å²) in [5, 5.41) is 9.40. The molecule has 92 valence electrons. The van der Waals surface area contributed by atoms with E-state index in [0.717, 1.165) is 18.0 Å². The van der Waals surface area contributed by atoms with E-state index in [4.69, 9.17) is 21.3 Å². The summed E-state index contributed by atoms with van der Waals surface area (Å²) >= 11 is 6.20. The summed E-state index contributed by atoms with van der Waals surface area (Å²) < 4.78 is 5.33. The molecule has 0 saturated heterocycles. The molecule has 0 fully saturated rings. The molecule has 0 spiro atoms. The third kappa shape index (κ3) is 2.66. The molecule has 0 unspecified atom stereocenters. The number of furan rings is 1. The summed E-state index contributed by atoms with van der Waals surface area (Å²) in [6.45, 7) is 3.53. The Morgan fingerprint density at radius 2 is 2.22 bits per heavy atom. The summed E-state index contributed by atoms with van der Waals surface area (Å²) in [6.07, 6.45) is 1.66. The average Bonchev–Trinajstić information content (AvgIpc) is 2.89. The van der Waals surface area contributed by atoms with Gasteiger partial charge in [-0.1, -0.05) is 11.6 Å². The van der Waals surface area contributed by atoms with Crippen molar-refractivity contribution in [2.45, 2.75) is 13.5 Å². The summed E-state index contributed by atoms with van der Waals surface area (Å²) in [4.78, 5) is 2.10. The topological polar surface area (TPSA) is 40.2 Å². The number of benzene rings is 1.